The monoisotopic (exact) mass is 495 g/mol. The summed E-state index contributed by atoms with van der Waals surface area (Å²) >= 11 is 0. The van der Waals surface area contributed by atoms with E-state index in [1.165, 1.54) is 11.8 Å². The first-order valence-corrected chi connectivity index (χ1v) is 12.1. The third kappa shape index (κ3) is 5.18. The van der Waals surface area contributed by atoms with Crippen LogP contribution in [-0.2, 0) is 12.8 Å². The summed E-state index contributed by atoms with van der Waals surface area (Å²) in [5.41, 5.74) is 1.28. The van der Waals surface area contributed by atoms with Gasteiger partial charge in [-0.05, 0) is 49.6 Å². The molecule has 1 aliphatic rings. The van der Waals surface area contributed by atoms with E-state index >= 15 is 0 Å². The number of hydrogen-bond acceptors (Lipinski definition) is 5. The van der Waals surface area contributed by atoms with Gasteiger partial charge in [0.15, 0.2) is 5.76 Å². The molecule has 0 bridgehead atoms. The molecule has 0 amide bonds. The molecule has 0 spiro atoms. The molecular weight excluding hydrogens is 467 g/mol. The summed E-state index contributed by atoms with van der Waals surface area (Å²) in [4.78, 5) is 4.91. The molecule has 1 aliphatic heterocycles. The summed E-state index contributed by atoms with van der Waals surface area (Å²) in [7, 11) is 0. The number of nitrogens with zero attached hydrogens (tertiary/aromatic N) is 3. The summed E-state index contributed by atoms with van der Waals surface area (Å²) in [6.07, 6.45) is -4.42. The molecule has 5 nitrogen and oxygen atoms in total. The molecule has 0 aliphatic carbocycles. The van der Waals surface area contributed by atoms with Crippen LogP contribution in [-0.4, -0.2) is 42.3 Å². The van der Waals surface area contributed by atoms with Gasteiger partial charge in [-0.1, -0.05) is 35.5 Å². The highest BCUT2D eigenvalue weighted by atomic mass is 19.4. The van der Waals surface area contributed by atoms with Gasteiger partial charge in [-0.25, -0.2) is 0 Å². The van der Waals surface area contributed by atoms with Crippen LogP contribution in [0.4, 0.5) is 18.9 Å². The van der Waals surface area contributed by atoms with Gasteiger partial charge < -0.3 is 14.2 Å². The van der Waals surface area contributed by atoms with Crippen molar-refractivity contribution >= 4 is 16.5 Å². The van der Waals surface area contributed by atoms with Gasteiger partial charge in [-0.15, -0.1) is 0 Å². The number of anilines is 1. The molecule has 2 heterocycles. The Morgan fingerprint density at radius 2 is 1.72 bits per heavy atom. The summed E-state index contributed by atoms with van der Waals surface area (Å²) < 4.78 is 50.4. The predicted molar refractivity (Wildman–Crippen MR) is 134 cm³/mol. The molecule has 1 aromatic heterocycles. The van der Waals surface area contributed by atoms with Crippen molar-refractivity contribution in [1.29, 1.82) is 0 Å². The quantitative estimate of drug-likeness (QED) is 0.301. The first kappa shape index (κ1) is 24.2. The number of ether oxygens (including phenoxy) is 1. The standard InChI is InChI=1S/C28H28F3N3O2/c1-19(2)33-11-13-34(14-12-33)26-8-4-5-20-9-10-24(17-25(20)26)35-18-23-16-27(36-32-23)21-6-3-7-22(15-21)28(29,30)31/h3-10,15-17,19H,11-14,18H2,1-2H3. The van der Waals surface area contributed by atoms with Crippen LogP contribution >= 0.6 is 0 Å². The molecule has 1 saturated heterocycles. The van der Waals surface area contributed by atoms with Gasteiger partial charge in [0.1, 0.15) is 18.1 Å². The van der Waals surface area contributed by atoms with Crippen molar-refractivity contribution < 1.29 is 22.4 Å². The van der Waals surface area contributed by atoms with Crippen LogP contribution in [0.15, 0.2) is 71.3 Å². The maximum absolute atomic E-state index is 13.0. The van der Waals surface area contributed by atoms with E-state index < -0.39 is 11.7 Å². The van der Waals surface area contributed by atoms with E-state index in [0.29, 0.717) is 23.0 Å². The Kier molecular flexibility index (Phi) is 6.62. The van der Waals surface area contributed by atoms with Crippen molar-refractivity contribution in [3.63, 3.8) is 0 Å². The minimum atomic E-state index is -4.42. The second-order valence-electron chi connectivity index (χ2n) is 9.33. The van der Waals surface area contributed by atoms with Gasteiger partial charge in [-0.2, -0.15) is 13.2 Å². The highest BCUT2D eigenvalue weighted by molar-refractivity contribution is 5.95. The van der Waals surface area contributed by atoms with Crippen molar-refractivity contribution in [3.05, 3.63) is 78.0 Å². The van der Waals surface area contributed by atoms with Crippen molar-refractivity contribution in [1.82, 2.24) is 10.1 Å². The van der Waals surface area contributed by atoms with Crippen LogP contribution in [0.5, 0.6) is 5.75 Å². The van der Waals surface area contributed by atoms with E-state index in [0.717, 1.165) is 49.1 Å². The average molecular weight is 496 g/mol. The van der Waals surface area contributed by atoms with E-state index in [1.807, 2.05) is 18.2 Å². The Morgan fingerprint density at radius 3 is 2.47 bits per heavy atom. The Hall–Kier alpha value is -3.52. The van der Waals surface area contributed by atoms with Gasteiger partial charge in [0.25, 0.3) is 0 Å². The molecule has 0 saturated carbocycles. The molecule has 8 heteroatoms. The van der Waals surface area contributed by atoms with Crippen LogP contribution < -0.4 is 9.64 Å². The molecular formula is C28H28F3N3O2. The molecule has 3 aromatic carbocycles. The van der Waals surface area contributed by atoms with Crippen molar-refractivity contribution in [2.24, 2.45) is 0 Å². The topological polar surface area (TPSA) is 41.7 Å². The van der Waals surface area contributed by atoms with Crippen LogP contribution in [0.25, 0.3) is 22.1 Å². The van der Waals surface area contributed by atoms with Crippen LogP contribution in [0.2, 0.25) is 0 Å². The Morgan fingerprint density at radius 1 is 0.944 bits per heavy atom. The van der Waals surface area contributed by atoms with E-state index in [-0.39, 0.29) is 12.4 Å². The van der Waals surface area contributed by atoms with Crippen LogP contribution in [0.3, 0.4) is 0 Å². The molecule has 0 unspecified atom stereocenters. The Bertz CT molecular complexity index is 1340. The molecule has 1 fully saturated rings. The molecule has 0 atom stereocenters. The van der Waals surface area contributed by atoms with Gasteiger partial charge in [-0.3, -0.25) is 4.90 Å². The maximum atomic E-state index is 13.0. The lowest BCUT2D eigenvalue weighted by molar-refractivity contribution is -0.137. The first-order valence-electron chi connectivity index (χ1n) is 12.1. The second kappa shape index (κ2) is 9.85. The minimum Gasteiger partial charge on any atom is -0.487 e. The lowest BCUT2D eigenvalue weighted by Crippen LogP contribution is -2.48. The number of rotatable bonds is 6. The fourth-order valence-corrected chi connectivity index (χ4v) is 4.60. The zero-order valence-corrected chi connectivity index (χ0v) is 20.3. The lowest BCUT2D eigenvalue weighted by Gasteiger charge is -2.38. The van der Waals surface area contributed by atoms with E-state index in [4.69, 9.17) is 9.26 Å². The number of aromatic nitrogens is 1. The van der Waals surface area contributed by atoms with Crippen LogP contribution in [0, 0.1) is 0 Å². The molecule has 0 radical (unpaired) electrons. The summed E-state index contributed by atoms with van der Waals surface area (Å²) in [6.45, 7) is 8.61. The third-order valence-electron chi connectivity index (χ3n) is 6.64. The minimum absolute atomic E-state index is 0.142. The van der Waals surface area contributed by atoms with Gasteiger partial charge in [0, 0.05) is 54.9 Å². The SMILES string of the molecule is CC(C)N1CCN(c2cccc3ccc(OCc4cc(-c5cccc(C(F)(F)F)c5)on4)cc23)CC1. The normalized spacial score (nSPS) is 15.1. The second-order valence-corrected chi connectivity index (χ2v) is 9.33. The largest absolute Gasteiger partial charge is 0.487 e. The Balaban J connectivity index is 1.30. The van der Waals surface area contributed by atoms with E-state index in [1.54, 1.807) is 12.1 Å². The molecule has 0 N–H and O–H groups in total. The van der Waals surface area contributed by atoms with E-state index in [9.17, 15) is 13.2 Å². The number of halogens is 3. The highest BCUT2D eigenvalue weighted by Gasteiger charge is 2.30. The number of hydrogen-bond donors (Lipinski definition) is 0. The lowest BCUT2D eigenvalue weighted by atomic mass is 10.1. The van der Waals surface area contributed by atoms with E-state index in [2.05, 4.69) is 47.0 Å². The average Bonchev–Trinajstić information content (AvgIpc) is 3.36. The zero-order valence-electron chi connectivity index (χ0n) is 20.3. The molecule has 188 valence electrons. The molecule has 5 rings (SSSR count). The molecule has 4 aromatic rings. The highest BCUT2D eigenvalue weighted by Crippen LogP contribution is 2.33. The zero-order chi connectivity index (χ0) is 25.3. The maximum Gasteiger partial charge on any atom is 0.416 e. The number of fused-ring (bicyclic) bond motifs is 1. The first-order chi connectivity index (χ1) is 17.3. The molecule has 36 heavy (non-hydrogen) atoms. The van der Waals surface area contributed by atoms with Gasteiger partial charge in [0.2, 0.25) is 0 Å². The third-order valence-corrected chi connectivity index (χ3v) is 6.64. The van der Waals surface area contributed by atoms with Gasteiger partial charge in [0.05, 0.1) is 5.56 Å². The van der Waals surface area contributed by atoms with Gasteiger partial charge >= 0.3 is 6.18 Å². The number of piperazine rings is 1. The van der Waals surface area contributed by atoms with Crippen LogP contribution in [0.1, 0.15) is 25.1 Å². The Labute approximate surface area is 208 Å². The number of benzene rings is 3. The van der Waals surface area contributed by atoms with Crippen molar-refractivity contribution in [3.8, 4) is 17.1 Å². The predicted octanol–water partition coefficient (Wildman–Crippen LogP) is 6.62. The number of alkyl halides is 3. The summed E-state index contributed by atoms with van der Waals surface area (Å²) in [5, 5.41) is 6.24. The summed E-state index contributed by atoms with van der Waals surface area (Å²) in [6, 6.07) is 19.5. The van der Waals surface area contributed by atoms with Crippen molar-refractivity contribution in [2.75, 3.05) is 31.1 Å². The summed E-state index contributed by atoms with van der Waals surface area (Å²) in [5.74, 6) is 0.959. The fourth-order valence-electron chi connectivity index (χ4n) is 4.60. The van der Waals surface area contributed by atoms with Crippen molar-refractivity contribution in [2.45, 2.75) is 32.7 Å². The fraction of sp³-hybridized carbons (Fsp3) is 0.321. The smallest absolute Gasteiger partial charge is 0.416 e.